The van der Waals surface area contributed by atoms with E-state index in [1.165, 1.54) is 0 Å². The third kappa shape index (κ3) is 32.8. The molecule has 0 saturated carbocycles. The van der Waals surface area contributed by atoms with Gasteiger partial charge in [0.05, 0.1) is 41.9 Å². The molecule has 60 heavy (non-hydrogen) atoms. The SMILES string of the molecule is C=CC(=O)OCCOC(=O)CCSCC(=O)OCC(CC)(COC(=O)CSCCC(=O)OCCOC(=O)CCC)COC(=O)CSCCC(=O)OCCOC(=O)CCCC. The average Bonchev–Trinajstić information content (AvgIpc) is 3.23. The number of carbonyl (C=O) groups is 9. The first-order valence-electron chi connectivity index (χ1n) is 19.6. The van der Waals surface area contributed by atoms with Crippen molar-refractivity contribution in [2.45, 2.75) is 78.6 Å². The first kappa shape index (κ1) is 56.0. The highest BCUT2D eigenvalue weighted by atomic mass is 32.2. The van der Waals surface area contributed by atoms with Gasteiger partial charge in [-0.15, -0.1) is 35.3 Å². The predicted octanol–water partition coefficient (Wildman–Crippen LogP) is 3.82. The van der Waals surface area contributed by atoms with Gasteiger partial charge < -0.3 is 42.6 Å². The fourth-order valence-corrected chi connectivity index (χ4v) is 6.17. The molecule has 0 aliphatic heterocycles. The molecular formula is C39H60O18S3. The minimum atomic E-state index is -1.12. The Morgan fingerprint density at radius 2 is 0.767 bits per heavy atom. The van der Waals surface area contributed by atoms with E-state index < -0.39 is 47.2 Å². The molecule has 0 spiro atoms. The van der Waals surface area contributed by atoms with E-state index in [-0.39, 0.29) is 138 Å². The summed E-state index contributed by atoms with van der Waals surface area (Å²) in [4.78, 5) is 108. The number of esters is 9. The fourth-order valence-electron chi connectivity index (χ4n) is 4.05. The molecule has 0 rings (SSSR count). The summed E-state index contributed by atoms with van der Waals surface area (Å²) >= 11 is 3.39. The van der Waals surface area contributed by atoms with Crippen molar-refractivity contribution in [3.63, 3.8) is 0 Å². The summed E-state index contributed by atoms with van der Waals surface area (Å²) in [6.07, 6.45) is 4.06. The van der Waals surface area contributed by atoms with Crippen LogP contribution in [0.3, 0.4) is 0 Å². The summed E-state index contributed by atoms with van der Waals surface area (Å²) in [6, 6.07) is 0. The van der Waals surface area contributed by atoms with Crippen LogP contribution in [0.1, 0.15) is 78.6 Å². The Balaban J connectivity index is 4.92. The Morgan fingerprint density at radius 1 is 0.433 bits per heavy atom. The lowest BCUT2D eigenvalue weighted by Gasteiger charge is -2.31. The molecule has 0 radical (unpaired) electrons. The van der Waals surface area contributed by atoms with E-state index in [9.17, 15) is 43.2 Å². The van der Waals surface area contributed by atoms with Gasteiger partial charge in [0.25, 0.3) is 0 Å². The molecule has 0 fully saturated rings. The third-order valence-corrected chi connectivity index (χ3v) is 10.3. The molecule has 0 N–H and O–H groups in total. The van der Waals surface area contributed by atoms with E-state index in [4.69, 9.17) is 42.6 Å². The second kappa shape index (κ2) is 36.8. The second-order valence-electron chi connectivity index (χ2n) is 12.6. The van der Waals surface area contributed by atoms with Crippen LogP contribution in [0.4, 0.5) is 0 Å². The molecule has 0 aromatic rings. The summed E-state index contributed by atoms with van der Waals surface area (Å²) in [5, 5.41) is 0. The number of thioether (sulfide) groups is 3. The van der Waals surface area contributed by atoms with Gasteiger partial charge in [0, 0.05) is 36.2 Å². The van der Waals surface area contributed by atoms with Crippen LogP contribution < -0.4 is 0 Å². The van der Waals surface area contributed by atoms with Crippen LogP contribution in [0.5, 0.6) is 0 Å². The number of hydrogen-bond donors (Lipinski definition) is 0. The zero-order valence-electron chi connectivity index (χ0n) is 34.8. The molecule has 0 bridgehead atoms. The molecule has 0 saturated heterocycles. The van der Waals surface area contributed by atoms with Gasteiger partial charge in [0.15, 0.2) is 0 Å². The first-order valence-corrected chi connectivity index (χ1v) is 23.0. The maximum Gasteiger partial charge on any atom is 0.330 e. The third-order valence-electron chi connectivity index (χ3n) is 7.54. The van der Waals surface area contributed by atoms with E-state index in [1.54, 1.807) is 6.92 Å². The van der Waals surface area contributed by atoms with Crippen LogP contribution in [0.2, 0.25) is 0 Å². The van der Waals surface area contributed by atoms with Crippen LogP contribution in [-0.2, 0) is 85.8 Å². The smallest absolute Gasteiger partial charge is 0.330 e. The monoisotopic (exact) mass is 912 g/mol. The molecule has 1 atom stereocenters. The average molecular weight is 913 g/mol. The van der Waals surface area contributed by atoms with Crippen molar-refractivity contribution in [1.29, 1.82) is 0 Å². The Bertz CT molecular complexity index is 1340. The zero-order valence-corrected chi connectivity index (χ0v) is 37.3. The number of rotatable bonds is 37. The molecular weight excluding hydrogens is 853 g/mol. The van der Waals surface area contributed by atoms with E-state index >= 15 is 0 Å². The summed E-state index contributed by atoms with van der Waals surface area (Å²) < 4.78 is 46.1. The Kier molecular flexibility index (Phi) is 34.4. The van der Waals surface area contributed by atoms with Crippen molar-refractivity contribution in [3.8, 4) is 0 Å². The van der Waals surface area contributed by atoms with Crippen molar-refractivity contribution in [2.75, 3.05) is 94.0 Å². The molecule has 0 aromatic carbocycles. The highest BCUT2D eigenvalue weighted by Gasteiger charge is 2.34. The highest BCUT2D eigenvalue weighted by molar-refractivity contribution is 8.00. The van der Waals surface area contributed by atoms with Crippen molar-refractivity contribution in [3.05, 3.63) is 12.7 Å². The lowest BCUT2D eigenvalue weighted by Crippen LogP contribution is -2.39. The van der Waals surface area contributed by atoms with Gasteiger partial charge in [-0.2, -0.15) is 0 Å². The molecule has 0 heterocycles. The number of carbonyl (C=O) groups excluding carboxylic acids is 9. The van der Waals surface area contributed by atoms with Crippen LogP contribution >= 0.6 is 35.3 Å². The molecule has 0 amide bonds. The Labute approximate surface area is 364 Å². The van der Waals surface area contributed by atoms with Crippen LogP contribution in [-0.4, -0.2) is 148 Å². The molecule has 0 aliphatic carbocycles. The fraction of sp³-hybridized carbons (Fsp3) is 0.718. The number of hydrogen-bond acceptors (Lipinski definition) is 21. The minimum absolute atomic E-state index is 0.00753. The van der Waals surface area contributed by atoms with Gasteiger partial charge in [-0.3, -0.25) is 38.4 Å². The van der Waals surface area contributed by atoms with Gasteiger partial charge in [0.1, 0.15) is 59.5 Å². The van der Waals surface area contributed by atoms with Crippen molar-refractivity contribution >= 4 is 89.0 Å². The normalized spacial score (nSPS) is 11.5. The standard InChI is InChI=1S/C39H60O18S3/c1-5-9-11-32(42)51-18-20-54-35(45)14-23-60-26-38(48)57-29-39(8-4,27-55-36(46)24-58-21-12-33(43)52-16-15-49-30(40)7-3)28-56-37(47)25-59-22-13-34(44)53-19-17-50-31(41)10-6-2/h7H,3,5-6,8-29H2,1-2,4H3. The molecule has 21 heteroatoms. The van der Waals surface area contributed by atoms with Gasteiger partial charge >= 0.3 is 53.7 Å². The van der Waals surface area contributed by atoms with E-state index in [2.05, 4.69) is 6.58 Å². The lowest BCUT2D eigenvalue weighted by atomic mass is 9.88. The molecule has 342 valence electrons. The quantitative estimate of drug-likeness (QED) is 0.0373. The van der Waals surface area contributed by atoms with E-state index in [0.717, 1.165) is 47.8 Å². The summed E-state index contributed by atoms with van der Waals surface area (Å²) in [7, 11) is 0. The summed E-state index contributed by atoms with van der Waals surface area (Å²) in [6.45, 7) is 7.52. The molecule has 0 aliphatic rings. The van der Waals surface area contributed by atoms with Crippen LogP contribution in [0, 0.1) is 5.41 Å². The maximum absolute atomic E-state index is 12.6. The minimum Gasteiger partial charge on any atom is -0.464 e. The van der Waals surface area contributed by atoms with Crippen molar-refractivity contribution in [1.82, 2.24) is 0 Å². The van der Waals surface area contributed by atoms with Crippen molar-refractivity contribution in [2.24, 2.45) is 5.41 Å². The van der Waals surface area contributed by atoms with Gasteiger partial charge in [-0.25, -0.2) is 4.79 Å². The summed E-state index contributed by atoms with van der Waals surface area (Å²) in [5.41, 5.74) is -1.12. The van der Waals surface area contributed by atoms with Crippen molar-refractivity contribution < 1.29 is 85.8 Å². The van der Waals surface area contributed by atoms with Gasteiger partial charge in [0.2, 0.25) is 0 Å². The topological polar surface area (TPSA) is 237 Å². The second-order valence-corrected chi connectivity index (χ2v) is 15.9. The highest BCUT2D eigenvalue weighted by Crippen LogP contribution is 2.25. The zero-order chi connectivity index (χ0) is 44.9. The molecule has 18 nitrogen and oxygen atoms in total. The predicted molar refractivity (Wildman–Crippen MR) is 222 cm³/mol. The largest absolute Gasteiger partial charge is 0.464 e. The number of unbranched alkanes of at least 4 members (excludes halogenated alkanes) is 1. The molecule has 0 aromatic heterocycles. The Morgan fingerprint density at radius 3 is 1.08 bits per heavy atom. The van der Waals surface area contributed by atoms with E-state index in [0.29, 0.717) is 19.3 Å². The molecule has 1 unspecified atom stereocenters. The van der Waals surface area contributed by atoms with Crippen LogP contribution in [0.15, 0.2) is 12.7 Å². The maximum atomic E-state index is 12.6. The first-order chi connectivity index (χ1) is 28.8. The number of ether oxygens (including phenoxy) is 9. The van der Waals surface area contributed by atoms with Gasteiger partial charge in [-0.1, -0.05) is 33.8 Å². The van der Waals surface area contributed by atoms with E-state index in [1.807, 2.05) is 13.8 Å². The lowest BCUT2D eigenvalue weighted by molar-refractivity contribution is -0.159. The summed E-state index contributed by atoms with van der Waals surface area (Å²) in [5.74, 6) is -4.40. The van der Waals surface area contributed by atoms with Crippen LogP contribution in [0.25, 0.3) is 0 Å². The Hall–Kier alpha value is -3.98. The van der Waals surface area contributed by atoms with Gasteiger partial charge in [-0.05, 0) is 19.3 Å².